The van der Waals surface area contributed by atoms with Crippen molar-refractivity contribution in [2.45, 2.75) is 33.5 Å². The molecule has 0 spiro atoms. The van der Waals surface area contributed by atoms with Crippen LogP contribution in [0.3, 0.4) is 0 Å². The van der Waals surface area contributed by atoms with E-state index in [0.29, 0.717) is 23.3 Å². The Labute approximate surface area is 238 Å². The second kappa shape index (κ2) is 10.5. The molecule has 0 unspecified atom stereocenters. The van der Waals surface area contributed by atoms with Gasteiger partial charge in [0.2, 0.25) is 5.95 Å². The molecule has 2 aromatic carbocycles. The van der Waals surface area contributed by atoms with Gasteiger partial charge in [0.1, 0.15) is 17.2 Å². The van der Waals surface area contributed by atoms with Crippen molar-refractivity contribution >= 4 is 27.2 Å². The van der Waals surface area contributed by atoms with Crippen LogP contribution in [-0.4, -0.2) is 39.2 Å². The normalized spacial score (nSPS) is 12.7. The van der Waals surface area contributed by atoms with Crippen LogP contribution < -0.4 is 5.48 Å². The first-order chi connectivity index (χ1) is 19.6. The number of aromatic amines is 1. The van der Waals surface area contributed by atoms with Gasteiger partial charge in [-0.2, -0.15) is 21.6 Å². The molecule has 9 nitrogen and oxygen atoms in total. The second-order valence-electron chi connectivity index (χ2n) is 10.8. The van der Waals surface area contributed by atoms with Gasteiger partial charge in [0.05, 0.1) is 34.5 Å². The van der Waals surface area contributed by atoms with Crippen LogP contribution in [0.2, 0.25) is 0 Å². The van der Waals surface area contributed by atoms with Gasteiger partial charge in [0.15, 0.2) is 5.65 Å². The molecule has 0 saturated carbocycles. The van der Waals surface area contributed by atoms with E-state index in [1.54, 1.807) is 47.0 Å². The molecule has 0 radical (unpaired) electrons. The summed E-state index contributed by atoms with van der Waals surface area (Å²) < 4.78 is 86.2. The van der Waals surface area contributed by atoms with Crippen LogP contribution in [0.1, 0.15) is 26.3 Å². The molecule has 5 aromatic rings. The molecule has 0 aliphatic carbocycles. The van der Waals surface area contributed by atoms with E-state index < -0.39 is 33.2 Å². The Morgan fingerprint density at radius 3 is 2.31 bits per heavy atom. The molecule has 2 N–H and O–H groups in total. The molecule has 42 heavy (non-hydrogen) atoms. The number of H-pyrrole nitrogens is 1. The predicted octanol–water partition coefficient (Wildman–Crippen LogP) is 6.66. The summed E-state index contributed by atoms with van der Waals surface area (Å²) in [5.74, 6) is -1.31. The maximum absolute atomic E-state index is 14.9. The Kier molecular flexibility index (Phi) is 7.31. The molecule has 3 heterocycles. The van der Waals surface area contributed by atoms with Gasteiger partial charge in [0.25, 0.3) is 10.1 Å². The number of pyridine rings is 1. The fraction of sp³-hybridized carbons (Fsp3) is 0.250. The van der Waals surface area contributed by atoms with E-state index in [2.05, 4.69) is 20.4 Å². The van der Waals surface area contributed by atoms with E-state index in [0.717, 1.165) is 24.5 Å². The summed E-state index contributed by atoms with van der Waals surface area (Å²) in [4.78, 5) is 16.5. The zero-order valence-electron chi connectivity index (χ0n) is 22.9. The van der Waals surface area contributed by atoms with Crippen molar-refractivity contribution in [3.63, 3.8) is 0 Å². The third kappa shape index (κ3) is 6.14. The Hall–Kier alpha value is -4.30. The first-order valence-corrected chi connectivity index (χ1v) is 14.5. The van der Waals surface area contributed by atoms with Gasteiger partial charge in [-0.05, 0) is 29.7 Å². The molecule has 0 amide bonds. The van der Waals surface area contributed by atoms with Crippen LogP contribution in [0.4, 0.5) is 23.5 Å². The number of hydrogen-bond acceptors (Lipinski definition) is 7. The smallest absolute Gasteiger partial charge is 0.336 e. The van der Waals surface area contributed by atoms with Crippen molar-refractivity contribution in [1.82, 2.24) is 24.5 Å². The van der Waals surface area contributed by atoms with Gasteiger partial charge in [-0.15, -0.1) is 4.28 Å². The minimum Gasteiger partial charge on any atom is -0.336 e. The molecule has 0 atom stereocenters. The summed E-state index contributed by atoms with van der Waals surface area (Å²) in [5.41, 5.74) is 2.29. The second-order valence-corrected chi connectivity index (χ2v) is 12.4. The molecule has 5 rings (SSSR count). The van der Waals surface area contributed by atoms with E-state index in [1.165, 1.54) is 0 Å². The minimum atomic E-state index is -4.83. The number of imidazole rings is 2. The van der Waals surface area contributed by atoms with Crippen molar-refractivity contribution in [2.75, 3.05) is 11.7 Å². The van der Waals surface area contributed by atoms with Crippen molar-refractivity contribution in [1.29, 1.82) is 0 Å². The number of anilines is 1. The summed E-state index contributed by atoms with van der Waals surface area (Å²) in [6.45, 7) is 6.24. The minimum absolute atomic E-state index is 0.0877. The molecule has 220 valence electrons. The topological polar surface area (TPSA) is 115 Å². The Morgan fingerprint density at radius 1 is 0.952 bits per heavy atom. The van der Waals surface area contributed by atoms with E-state index in [4.69, 9.17) is 9.27 Å². The van der Waals surface area contributed by atoms with Crippen LogP contribution in [0, 0.1) is 11.2 Å². The lowest BCUT2D eigenvalue weighted by Gasteiger charge is -2.20. The highest BCUT2D eigenvalue weighted by Crippen LogP contribution is 2.40. The molecule has 0 bridgehead atoms. The van der Waals surface area contributed by atoms with E-state index >= 15 is 0 Å². The van der Waals surface area contributed by atoms with Gasteiger partial charge in [-0.3, -0.25) is 4.57 Å². The van der Waals surface area contributed by atoms with Gasteiger partial charge < -0.3 is 4.98 Å². The number of halogens is 4. The largest absolute Gasteiger partial charge is 0.417 e. The van der Waals surface area contributed by atoms with Crippen LogP contribution >= 0.6 is 0 Å². The highest BCUT2D eigenvalue weighted by Gasteiger charge is 2.36. The van der Waals surface area contributed by atoms with Gasteiger partial charge >= 0.3 is 6.18 Å². The van der Waals surface area contributed by atoms with E-state index in [9.17, 15) is 26.0 Å². The number of nitrogens with one attached hydrogen (secondary N) is 2. The first kappa shape index (κ1) is 29.2. The van der Waals surface area contributed by atoms with Crippen LogP contribution in [0.15, 0.2) is 60.7 Å². The summed E-state index contributed by atoms with van der Waals surface area (Å²) in [6, 6.07) is 14.7. The molecular weight excluding hydrogens is 576 g/mol. The van der Waals surface area contributed by atoms with Gasteiger partial charge in [-0.1, -0.05) is 57.2 Å². The number of alkyl halides is 3. The fourth-order valence-electron chi connectivity index (χ4n) is 4.44. The average molecular weight is 603 g/mol. The summed E-state index contributed by atoms with van der Waals surface area (Å²) in [6.07, 6.45) is -3.95. The maximum atomic E-state index is 14.9. The highest BCUT2D eigenvalue weighted by atomic mass is 32.2. The monoisotopic (exact) mass is 602 g/mol. The summed E-state index contributed by atoms with van der Waals surface area (Å²) in [7, 11) is -3.86. The number of fused-ring (bicyclic) bond motifs is 1. The van der Waals surface area contributed by atoms with Crippen molar-refractivity contribution in [3.8, 4) is 34.0 Å². The zero-order chi connectivity index (χ0) is 30.4. The molecule has 0 saturated heterocycles. The van der Waals surface area contributed by atoms with Gasteiger partial charge in [0, 0.05) is 12.1 Å². The van der Waals surface area contributed by atoms with Gasteiger partial charge in [-0.25, -0.2) is 24.8 Å². The standard InChI is InChI=1S/C28H26F4N6O3S/c1-27(2,3)15-38-25-20(34-26(38)37-41-42(4,39)40)14-13-19(33-25)23-22(16-9-6-5-7-10-16)35-24(36-23)21-17(28(30,31)32)11-8-12-18(21)29/h5-14H,15H2,1-4H3,(H,34,37)(H,35,36). The third-order valence-electron chi connectivity index (χ3n) is 6.07. The summed E-state index contributed by atoms with van der Waals surface area (Å²) >= 11 is 0. The van der Waals surface area contributed by atoms with E-state index in [-0.39, 0.29) is 34.3 Å². The number of hydrogen-bond donors (Lipinski definition) is 2. The lowest BCUT2D eigenvalue weighted by molar-refractivity contribution is -0.137. The number of benzene rings is 2. The van der Waals surface area contributed by atoms with E-state index in [1.807, 2.05) is 20.8 Å². The zero-order valence-corrected chi connectivity index (χ0v) is 23.7. The predicted molar refractivity (Wildman–Crippen MR) is 150 cm³/mol. The van der Waals surface area contributed by atoms with Crippen LogP contribution in [0.5, 0.6) is 0 Å². The first-order valence-electron chi connectivity index (χ1n) is 12.6. The quantitative estimate of drug-likeness (QED) is 0.158. The molecular formula is C28H26F4N6O3S. The molecule has 0 aliphatic rings. The number of nitrogens with zero attached hydrogens (tertiary/aromatic N) is 4. The van der Waals surface area contributed by atoms with Crippen LogP contribution in [0.25, 0.3) is 45.2 Å². The third-order valence-corrected chi connectivity index (χ3v) is 6.46. The van der Waals surface area contributed by atoms with Crippen molar-refractivity contribution < 1.29 is 30.3 Å². The van der Waals surface area contributed by atoms with Crippen LogP contribution in [-0.2, 0) is 27.1 Å². The lowest BCUT2D eigenvalue weighted by atomic mass is 9.97. The molecule has 14 heteroatoms. The average Bonchev–Trinajstić information content (AvgIpc) is 3.47. The number of rotatable bonds is 7. The molecule has 0 fully saturated rings. The Morgan fingerprint density at radius 2 is 1.67 bits per heavy atom. The Bertz CT molecular complexity index is 1880. The SMILES string of the molecule is CC(C)(C)Cn1c(NOS(C)(=O)=O)nc2ccc(-c3[nH]c(-c4c(F)cccc4C(F)(F)F)nc3-c3ccccc3)nc21. The Balaban J connectivity index is 1.73. The summed E-state index contributed by atoms with van der Waals surface area (Å²) in [5, 5.41) is 0. The lowest BCUT2D eigenvalue weighted by Crippen LogP contribution is -2.19. The van der Waals surface area contributed by atoms with Crippen molar-refractivity contribution in [3.05, 3.63) is 72.0 Å². The van der Waals surface area contributed by atoms with Crippen molar-refractivity contribution in [2.24, 2.45) is 5.41 Å². The number of aromatic nitrogens is 5. The molecule has 3 aromatic heterocycles. The highest BCUT2D eigenvalue weighted by molar-refractivity contribution is 7.86. The maximum Gasteiger partial charge on any atom is 0.417 e. The molecule has 0 aliphatic heterocycles. The fourth-order valence-corrected chi connectivity index (χ4v) is 4.66.